The number of hydrogen-bond donors (Lipinski definition) is 1. The highest BCUT2D eigenvalue weighted by Gasteiger charge is 2.09. The second kappa shape index (κ2) is 5.49. The van der Waals surface area contributed by atoms with Gasteiger partial charge in [-0.05, 0) is 36.3 Å². The van der Waals surface area contributed by atoms with Crippen LogP contribution in [0.3, 0.4) is 0 Å². The molecule has 0 spiro atoms. The maximum absolute atomic E-state index is 13.5. The van der Waals surface area contributed by atoms with Gasteiger partial charge in [-0.25, -0.2) is 9.18 Å². The van der Waals surface area contributed by atoms with Crippen molar-refractivity contribution in [3.8, 4) is 0 Å². The van der Waals surface area contributed by atoms with Gasteiger partial charge in [0.15, 0.2) is 0 Å². The van der Waals surface area contributed by atoms with Crippen molar-refractivity contribution in [3.63, 3.8) is 0 Å². The van der Waals surface area contributed by atoms with E-state index in [9.17, 15) is 9.18 Å². The minimum Gasteiger partial charge on any atom is -0.478 e. The number of rotatable bonds is 3. The van der Waals surface area contributed by atoms with Crippen molar-refractivity contribution in [1.82, 2.24) is 0 Å². The van der Waals surface area contributed by atoms with Gasteiger partial charge in [0, 0.05) is 24.9 Å². The monoisotopic (exact) mass is 247 g/mol. The Morgan fingerprint density at radius 1 is 1.33 bits per heavy atom. The molecule has 1 aliphatic rings. The molecule has 2 rings (SSSR count). The molecule has 0 aromatic heterocycles. The Bertz CT molecular complexity index is 509. The molecule has 3 nitrogen and oxygen atoms in total. The fourth-order valence-corrected chi connectivity index (χ4v) is 1.92. The maximum Gasteiger partial charge on any atom is 0.328 e. The number of anilines is 1. The second-order valence-corrected chi connectivity index (χ2v) is 4.12. The molecule has 1 N–H and O–H groups in total. The average Bonchev–Trinajstić information content (AvgIpc) is 2.37. The Morgan fingerprint density at radius 3 is 2.83 bits per heavy atom. The number of halogens is 1. The minimum atomic E-state index is -1.04. The van der Waals surface area contributed by atoms with Crippen LogP contribution in [0, 0.1) is 5.82 Å². The van der Waals surface area contributed by atoms with Crippen LogP contribution in [0.4, 0.5) is 10.1 Å². The third kappa shape index (κ3) is 3.20. The van der Waals surface area contributed by atoms with Crippen LogP contribution in [0.1, 0.15) is 12.0 Å². The van der Waals surface area contributed by atoms with Crippen molar-refractivity contribution in [2.75, 3.05) is 18.0 Å². The largest absolute Gasteiger partial charge is 0.478 e. The van der Waals surface area contributed by atoms with Gasteiger partial charge in [-0.1, -0.05) is 12.2 Å². The maximum atomic E-state index is 13.5. The van der Waals surface area contributed by atoms with Gasteiger partial charge in [0.2, 0.25) is 0 Å². The summed E-state index contributed by atoms with van der Waals surface area (Å²) in [4.78, 5) is 12.5. The van der Waals surface area contributed by atoms with Crippen molar-refractivity contribution in [1.29, 1.82) is 0 Å². The normalized spacial score (nSPS) is 15.3. The average molecular weight is 247 g/mol. The lowest BCUT2D eigenvalue weighted by Crippen LogP contribution is -2.26. The molecule has 0 saturated heterocycles. The summed E-state index contributed by atoms with van der Waals surface area (Å²) in [6.07, 6.45) is 7.49. The van der Waals surface area contributed by atoms with Crippen LogP contribution in [-0.4, -0.2) is 24.2 Å². The van der Waals surface area contributed by atoms with E-state index in [0.29, 0.717) is 5.56 Å². The van der Waals surface area contributed by atoms with E-state index in [1.165, 1.54) is 18.2 Å². The SMILES string of the molecule is O=C(O)/C=C/c1cc(F)cc(N2CC=CCC2)c1. The first-order chi connectivity index (χ1) is 8.65. The number of carboxylic acids is 1. The standard InChI is InChI=1S/C14H14FNO2/c15-12-8-11(4-5-14(17)18)9-13(10-12)16-6-2-1-3-7-16/h1-2,4-5,8-10H,3,6-7H2,(H,17,18)/b5-4+. The van der Waals surface area contributed by atoms with Gasteiger partial charge in [0.25, 0.3) is 0 Å². The molecule has 1 heterocycles. The van der Waals surface area contributed by atoms with E-state index in [1.54, 1.807) is 6.07 Å². The lowest BCUT2D eigenvalue weighted by Gasteiger charge is -2.25. The molecule has 0 unspecified atom stereocenters. The Hall–Kier alpha value is -2.10. The third-order valence-corrected chi connectivity index (χ3v) is 2.75. The molecule has 0 bridgehead atoms. The summed E-state index contributed by atoms with van der Waals surface area (Å²) in [6, 6.07) is 4.58. The number of carbonyl (C=O) groups is 1. The van der Waals surface area contributed by atoms with E-state index < -0.39 is 5.97 Å². The molecule has 1 aromatic carbocycles. The highest BCUT2D eigenvalue weighted by Crippen LogP contribution is 2.21. The first kappa shape index (κ1) is 12.4. The third-order valence-electron chi connectivity index (χ3n) is 2.75. The summed E-state index contributed by atoms with van der Waals surface area (Å²) >= 11 is 0. The van der Waals surface area contributed by atoms with Crippen LogP contribution in [0.15, 0.2) is 36.4 Å². The Labute approximate surface area is 105 Å². The fourth-order valence-electron chi connectivity index (χ4n) is 1.92. The van der Waals surface area contributed by atoms with Gasteiger partial charge in [0.1, 0.15) is 5.82 Å². The zero-order valence-electron chi connectivity index (χ0n) is 9.84. The van der Waals surface area contributed by atoms with Gasteiger partial charge in [-0.2, -0.15) is 0 Å². The van der Waals surface area contributed by atoms with Crippen LogP contribution in [0.5, 0.6) is 0 Å². The van der Waals surface area contributed by atoms with Gasteiger partial charge < -0.3 is 10.0 Å². The predicted octanol–water partition coefficient (Wildman–Crippen LogP) is 2.69. The van der Waals surface area contributed by atoms with Gasteiger partial charge in [-0.15, -0.1) is 0 Å². The van der Waals surface area contributed by atoms with Crippen molar-refractivity contribution in [3.05, 3.63) is 47.8 Å². The van der Waals surface area contributed by atoms with Crippen molar-refractivity contribution in [2.45, 2.75) is 6.42 Å². The van der Waals surface area contributed by atoms with Gasteiger partial charge >= 0.3 is 5.97 Å². The van der Waals surface area contributed by atoms with Crippen LogP contribution in [-0.2, 0) is 4.79 Å². The molecule has 0 radical (unpaired) electrons. The van der Waals surface area contributed by atoms with E-state index in [1.807, 2.05) is 6.08 Å². The van der Waals surface area contributed by atoms with Crippen molar-refractivity contribution in [2.24, 2.45) is 0 Å². The van der Waals surface area contributed by atoms with Crippen LogP contribution < -0.4 is 4.90 Å². The lowest BCUT2D eigenvalue weighted by atomic mass is 10.1. The number of nitrogens with zero attached hydrogens (tertiary/aromatic N) is 1. The lowest BCUT2D eigenvalue weighted by molar-refractivity contribution is -0.131. The Kier molecular flexibility index (Phi) is 3.77. The smallest absolute Gasteiger partial charge is 0.328 e. The van der Waals surface area contributed by atoms with E-state index in [4.69, 9.17) is 5.11 Å². The molecule has 1 aromatic rings. The molecule has 4 heteroatoms. The molecular weight excluding hydrogens is 233 g/mol. The molecule has 0 amide bonds. The number of benzene rings is 1. The first-order valence-corrected chi connectivity index (χ1v) is 5.77. The van der Waals surface area contributed by atoms with Crippen molar-refractivity contribution < 1.29 is 14.3 Å². The summed E-state index contributed by atoms with van der Waals surface area (Å²) in [5, 5.41) is 8.56. The summed E-state index contributed by atoms with van der Waals surface area (Å²) in [6.45, 7) is 1.60. The van der Waals surface area contributed by atoms with E-state index >= 15 is 0 Å². The Morgan fingerprint density at radius 2 is 2.17 bits per heavy atom. The molecule has 1 aliphatic heterocycles. The highest BCUT2D eigenvalue weighted by atomic mass is 19.1. The predicted molar refractivity (Wildman–Crippen MR) is 69.0 cm³/mol. The van der Waals surface area contributed by atoms with E-state index in [-0.39, 0.29) is 5.82 Å². The summed E-state index contributed by atoms with van der Waals surface area (Å²) in [5.74, 6) is -1.39. The van der Waals surface area contributed by atoms with Crippen molar-refractivity contribution >= 4 is 17.7 Å². The quantitative estimate of drug-likeness (QED) is 0.659. The first-order valence-electron chi connectivity index (χ1n) is 5.77. The summed E-state index contributed by atoms with van der Waals surface area (Å²) in [7, 11) is 0. The second-order valence-electron chi connectivity index (χ2n) is 4.12. The van der Waals surface area contributed by atoms with Crippen LogP contribution >= 0.6 is 0 Å². The molecule has 18 heavy (non-hydrogen) atoms. The molecule has 0 fully saturated rings. The minimum absolute atomic E-state index is 0.355. The van der Waals surface area contributed by atoms with Gasteiger partial charge in [-0.3, -0.25) is 0 Å². The van der Waals surface area contributed by atoms with Crippen LogP contribution in [0.25, 0.3) is 6.08 Å². The molecule has 94 valence electrons. The number of hydrogen-bond acceptors (Lipinski definition) is 2. The molecule has 0 aliphatic carbocycles. The zero-order chi connectivity index (χ0) is 13.0. The van der Waals surface area contributed by atoms with E-state index in [2.05, 4.69) is 11.0 Å². The number of aliphatic carboxylic acids is 1. The zero-order valence-corrected chi connectivity index (χ0v) is 9.84. The Balaban J connectivity index is 2.25. The molecule has 0 saturated carbocycles. The van der Waals surface area contributed by atoms with E-state index in [0.717, 1.165) is 31.3 Å². The topological polar surface area (TPSA) is 40.5 Å². The summed E-state index contributed by atoms with van der Waals surface area (Å²) in [5.41, 5.74) is 1.34. The highest BCUT2D eigenvalue weighted by molar-refractivity contribution is 5.85. The fraction of sp³-hybridized carbons (Fsp3) is 0.214. The number of carboxylic acid groups (broad SMARTS) is 1. The summed E-state index contributed by atoms with van der Waals surface area (Å²) < 4.78 is 13.5. The van der Waals surface area contributed by atoms with Gasteiger partial charge in [0.05, 0.1) is 0 Å². The van der Waals surface area contributed by atoms with Crippen LogP contribution in [0.2, 0.25) is 0 Å². The molecular formula is C14H14FNO2. The molecule has 0 atom stereocenters.